The van der Waals surface area contributed by atoms with Crippen LogP contribution in [0.4, 0.5) is 8.78 Å². The van der Waals surface area contributed by atoms with E-state index >= 15 is 0 Å². The summed E-state index contributed by atoms with van der Waals surface area (Å²) in [5.74, 6) is -2.52. The molecule has 4 rings (SSSR count). The summed E-state index contributed by atoms with van der Waals surface area (Å²) in [5, 5.41) is 0.723. The summed E-state index contributed by atoms with van der Waals surface area (Å²) in [7, 11) is -7.80. The molecule has 13 heteroatoms. The second-order valence-corrected chi connectivity index (χ2v) is 13.2. The Hall–Kier alpha value is -3.29. The van der Waals surface area contributed by atoms with Crippen LogP contribution in [0.5, 0.6) is 0 Å². The van der Waals surface area contributed by atoms with Gasteiger partial charge in [0, 0.05) is 24.6 Å². The van der Waals surface area contributed by atoms with Crippen molar-refractivity contribution < 1.29 is 30.4 Å². The maximum Gasteiger partial charge on any atom is 0.245 e. The van der Waals surface area contributed by atoms with Gasteiger partial charge in [-0.1, -0.05) is 6.07 Å². The topological polar surface area (TPSA) is 123 Å². The van der Waals surface area contributed by atoms with Gasteiger partial charge in [-0.25, -0.2) is 30.6 Å². The number of nitrogens with one attached hydrogen (secondary N) is 1. The Kier molecular flexibility index (Phi) is 7.16. The van der Waals surface area contributed by atoms with Gasteiger partial charge in [0.1, 0.15) is 16.6 Å². The van der Waals surface area contributed by atoms with Crippen LogP contribution in [0.3, 0.4) is 0 Å². The van der Waals surface area contributed by atoms with E-state index in [1.165, 1.54) is 12.3 Å². The Balaban J connectivity index is 1.55. The number of carbonyl (C=O) groups excluding carboxylic acids is 1. The van der Waals surface area contributed by atoms with Crippen LogP contribution in [0.1, 0.15) is 10.3 Å². The number of pyridine rings is 1. The van der Waals surface area contributed by atoms with Gasteiger partial charge in [-0.15, -0.1) is 11.3 Å². The first kappa shape index (κ1) is 25.8. The molecule has 8 nitrogen and oxygen atoms in total. The summed E-state index contributed by atoms with van der Waals surface area (Å²) < 4.78 is 77.0. The number of thiazole rings is 1. The highest BCUT2D eigenvalue weighted by Gasteiger charge is 2.34. The summed E-state index contributed by atoms with van der Waals surface area (Å²) in [6.45, 7) is -0.355. The number of amides is 1. The molecule has 0 aliphatic carbocycles. The van der Waals surface area contributed by atoms with E-state index in [0.717, 1.165) is 48.1 Å². The second-order valence-electron chi connectivity index (χ2n) is 7.90. The molecule has 0 aliphatic heterocycles. The van der Waals surface area contributed by atoms with Gasteiger partial charge < -0.3 is 5.32 Å². The largest absolute Gasteiger partial charge is 0.354 e. The molecule has 2 heterocycles. The van der Waals surface area contributed by atoms with Crippen molar-refractivity contribution in [1.82, 2.24) is 15.3 Å². The third-order valence-corrected chi connectivity index (χ3v) is 9.43. The van der Waals surface area contributed by atoms with Crippen LogP contribution in [0.2, 0.25) is 0 Å². The molecule has 0 aliphatic rings. The number of carbonyl (C=O) groups is 1. The first-order valence-corrected chi connectivity index (χ1v) is 14.8. The van der Waals surface area contributed by atoms with Crippen molar-refractivity contribution in [3.8, 4) is 11.1 Å². The van der Waals surface area contributed by atoms with Crippen molar-refractivity contribution in [3.05, 3.63) is 77.6 Å². The van der Waals surface area contributed by atoms with Crippen molar-refractivity contribution in [1.29, 1.82) is 0 Å². The molecule has 1 N–H and O–H groups in total. The van der Waals surface area contributed by atoms with Crippen molar-refractivity contribution in [2.24, 2.45) is 0 Å². The third kappa shape index (κ3) is 5.74. The fourth-order valence-electron chi connectivity index (χ4n) is 3.45. The quantitative estimate of drug-likeness (QED) is 0.333. The highest BCUT2D eigenvalue weighted by Crippen LogP contribution is 2.33. The average molecular weight is 552 g/mol. The Bertz CT molecular complexity index is 1650. The third-order valence-electron chi connectivity index (χ3n) is 5.18. The van der Waals surface area contributed by atoms with E-state index in [1.54, 1.807) is 18.2 Å². The number of benzene rings is 2. The monoisotopic (exact) mass is 551 g/mol. The fraction of sp³-hybridized carbons (Fsp3) is 0.174. The van der Waals surface area contributed by atoms with E-state index in [2.05, 4.69) is 15.3 Å². The van der Waals surface area contributed by atoms with Gasteiger partial charge in [-0.2, -0.15) is 0 Å². The molecule has 1 unspecified atom stereocenters. The minimum atomic E-state index is -3.97. The van der Waals surface area contributed by atoms with E-state index < -0.39 is 48.2 Å². The van der Waals surface area contributed by atoms with Gasteiger partial charge in [0.25, 0.3) is 0 Å². The number of hydrogen-bond acceptors (Lipinski definition) is 8. The first-order chi connectivity index (χ1) is 16.9. The Morgan fingerprint density at radius 3 is 2.36 bits per heavy atom. The zero-order valence-electron chi connectivity index (χ0n) is 18.7. The van der Waals surface area contributed by atoms with Crippen LogP contribution >= 0.6 is 11.3 Å². The molecule has 36 heavy (non-hydrogen) atoms. The fourth-order valence-corrected chi connectivity index (χ4v) is 7.16. The molecular formula is C23H19F2N3O5S3. The van der Waals surface area contributed by atoms with Gasteiger partial charge in [-0.3, -0.25) is 9.78 Å². The lowest BCUT2D eigenvalue weighted by atomic mass is 10.1. The lowest BCUT2D eigenvalue weighted by molar-refractivity contribution is -0.120. The molecule has 0 saturated heterocycles. The van der Waals surface area contributed by atoms with Crippen LogP contribution in [0, 0.1) is 11.6 Å². The first-order valence-electron chi connectivity index (χ1n) is 10.4. The molecular weight excluding hydrogens is 532 g/mol. The molecule has 1 amide bonds. The molecule has 0 bridgehead atoms. The Morgan fingerprint density at radius 1 is 0.972 bits per heavy atom. The van der Waals surface area contributed by atoms with Crippen molar-refractivity contribution in [2.45, 2.75) is 10.1 Å². The van der Waals surface area contributed by atoms with Gasteiger partial charge in [0.05, 0.1) is 27.1 Å². The number of nitrogens with zero attached hydrogens (tertiary/aromatic N) is 2. The predicted octanol–water partition coefficient (Wildman–Crippen LogP) is 3.31. The maximum absolute atomic E-state index is 13.5. The van der Waals surface area contributed by atoms with Gasteiger partial charge in [-0.05, 0) is 48.0 Å². The van der Waals surface area contributed by atoms with Crippen LogP contribution < -0.4 is 5.32 Å². The number of fused-ring (bicyclic) bond motifs is 1. The highest BCUT2D eigenvalue weighted by molar-refractivity contribution is 7.92. The molecule has 0 fully saturated rings. The summed E-state index contributed by atoms with van der Waals surface area (Å²) in [5.41, 5.74) is 1.60. The van der Waals surface area contributed by atoms with Crippen LogP contribution in [-0.4, -0.2) is 51.3 Å². The predicted molar refractivity (Wildman–Crippen MR) is 132 cm³/mol. The SMILES string of the molecule is CS(=O)(=O)C(C(=O)NCCS(=O)(=O)c1ccc(F)cc1)c1nc2ccc(-c3cncc(F)c3)cc2s1. The number of rotatable bonds is 8. The van der Waals surface area contributed by atoms with E-state index in [-0.39, 0.29) is 16.4 Å². The van der Waals surface area contributed by atoms with Crippen LogP contribution in [-0.2, 0) is 24.5 Å². The van der Waals surface area contributed by atoms with Crippen LogP contribution in [0.15, 0.2) is 65.8 Å². The van der Waals surface area contributed by atoms with Crippen molar-refractivity contribution in [3.63, 3.8) is 0 Å². The van der Waals surface area contributed by atoms with Gasteiger partial charge in [0.15, 0.2) is 24.9 Å². The Morgan fingerprint density at radius 2 is 1.69 bits per heavy atom. The maximum atomic E-state index is 13.5. The number of hydrogen-bond donors (Lipinski definition) is 1. The second kappa shape index (κ2) is 9.99. The molecule has 188 valence electrons. The van der Waals surface area contributed by atoms with E-state index in [4.69, 9.17) is 0 Å². The zero-order valence-corrected chi connectivity index (χ0v) is 21.1. The molecule has 0 radical (unpaired) electrons. The molecule has 1 atom stereocenters. The minimum absolute atomic E-state index is 0.0147. The van der Waals surface area contributed by atoms with Crippen molar-refractivity contribution in [2.75, 3.05) is 18.6 Å². The molecule has 2 aromatic carbocycles. The lowest BCUT2D eigenvalue weighted by Crippen LogP contribution is -2.36. The summed E-state index contributed by atoms with van der Waals surface area (Å²) in [6, 6.07) is 10.5. The molecule has 0 spiro atoms. The smallest absolute Gasteiger partial charge is 0.245 e. The number of halogens is 2. The van der Waals surface area contributed by atoms with Gasteiger partial charge >= 0.3 is 0 Å². The lowest BCUT2D eigenvalue weighted by Gasteiger charge is -2.13. The normalized spacial score (nSPS) is 13.0. The minimum Gasteiger partial charge on any atom is -0.354 e. The summed E-state index contributed by atoms with van der Waals surface area (Å²) >= 11 is 0.992. The highest BCUT2D eigenvalue weighted by atomic mass is 32.2. The molecule has 0 saturated carbocycles. The average Bonchev–Trinajstić information content (AvgIpc) is 3.20. The standard InChI is InChI=1S/C23H19F2N3O5S3/c1-35(30,31)21(22(29)27-8-9-36(32,33)18-5-3-16(24)4-6-18)23-28-19-7-2-14(11-20(19)34-23)15-10-17(25)13-26-12-15/h2-7,10-13,21H,8-9H2,1H3,(H,27,29). The zero-order chi connectivity index (χ0) is 26.1. The summed E-state index contributed by atoms with van der Waals surface area (Å²) in [4.78, 5) is 20.8. The summed E-state index contributed by atoms with van der Waals surface area (Å²) in [6.07, 6.45) is 3.45. The Labute approximate surface area is 209 Å². The number of aromatic nitrogens is 2. The van der Waals surface area contributed by atoms with E-state index in [9.17, 15) is 30.4 Å². The van der Waals surface area contributed by atoms with Gasteiger partial charge in [0.2, 0.25) is 5.91 Å². The molecule has 2 aromatic heterocycles. The number of sulfone groups is 2. The van der Waals surface area contributed by atoms with Crippen LogP contribution in [0.25, 0.3) is 21.3 Å². The van der Waals surface area contributed by atoms with E-state index in [0.29, 0.717) is 21.3 Å². The van der Waals surface area contributed by atoms with Crippen molar-refractivity contribution >= 4 is 47.1 Å². The molecule has 4 aromatic rings. The van der Waals surface area contributed by atoms with E-state index in [1.807, 2.05) is 0 Å².